The lowest BCUT2D eigenvalue weighted by molar-refractivity contribution is -0.136. The number of carboxylic acid groups (broad SMARTS) is 1. The van der Waals surface area contributed by atoms with E-state index in [-0.39, 0.29) is 25.0 Å². The fourth-order valence-corrected chi connectivity index (χ4v) is 4.94. The second-order valence-electron chi connectivity index (χ2n) is 11.4. The molecule has 0 saturated carbocycles. The molecule has 12 nitrogen and oxygen atoms in total. The van der Waals surface area contributed by atoms with E-state index in [2.05, 4.69) is 26.4 Å². The molecule has 0 radical (unpaired) electrons. The number of nitrogens with one attached hydrogen (secondary N) is 1. The Hall–Kier alpha value is -4.37. The lowest BCUT2D eigenvalue weighted by Crippen LogP contribution is -2.52. The third kappa shape index (κ3) is 7.43. The summed E-state index contributed by atoms with van der Waals surface area (Å²) >= 11 is 0. The molecule has 3 aromatic heterocycles. The zero-order valence-corrected chi connectivity index (χ0v) is 23.9. The predicted molar refractivity (Wildman–Crippen MR) is 153 cm³/mol. The van der Waals surface area contributed by atoms with Crippen molar-refractivity contribution >= 4 is 23.3 Å². The molecule has 4 heterocycles. The van der Waals surface area contributed by atoms with Gasteiger partial charge in [0.25, 0.3) is 0 Å². The molecular weight excluding hydrogens is 526 g/mol. The minimum absolute atomic E-state index is 0.0276. The Balaban J connectivity index is 1.48. The van der Waals surface area contributed by atoms with E-state index in [4.69, 9.17) is 9.84 Å². The van der Waals surface area contributed by atoms with Crippen molar-refractivity contribution in [1.82, 2.24) is 24.8 Å². The average molecular weight is 564 g/mol. The number of aromatic nitrogens is 3. The first-order valence-electron chi connectivity index (χ1n) is 13.7. The summed E-state index contributed by atoms with van der Waals surface area (Å²) in [5, 5.41) is 35.4. The summed E-state index contributed by atoms with van der Waals surface area (Å²) in [6.07, 6.45) is 4.41. The molecule has 41 heavy (non-hydrogen) atoms. The van der Waals surface area contributed by atoms with Crippen LogP contribution in [0.15, 0.2) is 36.8 Å². The Morgan fingerprint density at radius 2 is 1.93 bits per heavy atom. The average Bonchev–Trinajstić information content (AvgIpc) is 3.36. The van der Waals surface area contributed by atoms with Crippen LogP contribution in [0.2, 0.25) is 0 Å². The highest BCUT2D eigenvalue weighted by Crippen LogP contribution is 2.32. The molecule has 0 aromatic carbocycles. The number of rotatable bonds is 10. The van der Waals surface area contributed by atoms with Crippen molar-refractivity contribution in [3.63, 3.8) is 0 Å². The lowest BCUT2D eigenvalue weighted by Gasteiger charge is -2.37. The Bertz CT molecular complexity index is 1410. The smallest absolute Gasteiger partial charge is 0.404 e. The van der Waals surface area contributed by atoms with Crippen molar-refractivity contribution in [3.05, 3.63) is 42.4 Å². The Kier molecular flexibility index (Phi) is 8.98. The van der Waals surface area contributed by atoms with Crippen LogP contribution >= 0.6 is 0 Å². The molecular formula is C29H37N7O5. The molecule has 12 heteroatoms. The van der Waals surface area contributed by atoms with Crippen molar-refractivity contribution in [1.29, 1.82) is 5.26 Å². The molecule has 2 amide bonds. The molecule has 0 spiro atoms. The van der Waals surface area contributed by atoms with Crippen molar-refractivity contribution in [3.8, 4) is 22.9 Å². The normalized spacial score (nSPS) is 14.7. The number of fused-ring (bicyclic) bond motifs is 1. The predicted octanol–water partition coefficient (Wildman–Crippen LogP) is 3.00. The molecule has 0 aliphatic carbocycles. The van der Waals surface area contributed by atoms with Crippen LogP contribution in [0.1, 0.15) is 39.7 Å². The number of anilines is 1. The highest BCUT2D eigenvalue weighted by molar-refractivity contribution is 5.85. The van der Waals surface area contributed by atoms with Gasteiger partial charge in [-0.25, -0.2) is 14.3 Å². The molecule has 4 rings (SSSR count). The van der Waals surface area contributed by atoms with Gasteiger partial charge >= 0.3 is 6.09 Å². The van der Waals surface area contributed by atoms with Gasteiger partial charge in [0.2, 0.25) is 5.91 Å². The zero-order chi connectivity index (χ0) is 29.7. The SMILES string of the molecule is CC(C)C[C@@H](CNC(=O)O)C(=O)N1CCN(c2ccc(-c3cc(OCC(C)(C)O)cn4ncc(C#N)c34)cn2)CC1. The van der Waals surface area contributed by atoms with Crippen LogP contribution in [-0.2, 0) is 4.79 Å². The van der Waals surface area contributed by atoms with Crippen LogP contribution in [0.25, 0.3) is 16.6 Å². The molecule has 3 aromatic rings. The molecule has 1 fully saturated rings. The van der Waals surface area contributed by atoms with Gasteiger partial charge in [-0.1, -0.05) is 13.8 Å². The van der Waals surface area contributed by atoms with Crippen molar-refractivity contribution in [2.24, 2.45) is 11.8 Å². The number of hydrogen-bond acceptors (Lipinski definition) is 8. The Morgan fingerprint density at radius 1 is 1.20 bits per heavy atom. The van der Waals surface area contributed by atoms with Gasteiger partial charge in [-0.3, -0.25) is 4.79 Å². The van der Waals surface area contributed by atoms with E-state index >= 15 is 0 Å². The van der Waals surface area contributed by atoms with E-state index in [1.54, 1.807) is 35.7 Å². The summed E-state index contributed by atoms with van der Waals surface area (Å²) in [6.45, 7) is 9.80. The fourth-order valence-electron chi connectivity index (χ4n) is 4.94. The van der Waals surface area contributed by atoms with Crippen LogP contribution in [0.3, 0.4) is 0 Å². The largest absolute Gasteiger partial charge is 0.489 e. The summed E-state index contributed by atoms with van der Waals surface area (Å²) in [5.41, 5.74) is 1.56. The van der Waals surface area contributed by atoms with Crippen molar-refractivity contribution < 1.29 is 24.5 Å². The number of aliphatic hydroxyl groups is 1. The van der Waals surface area contributed by atoms with Crippen LogP contribution in [0, 0.1) is 23.2 Å². The molecule has 0 unspecified atom stereocenters. The number of pyridine rings is 2. The molecule has 3 N–H and O–H groups in total. The van der Waals surface area contributed by atoms with Crippen molar-refractivity contribution in [2.75, 3.05) is 44.2 Å². The van der Waals surface area contributed by atoms with E-state index in [1.807, 2.05) is 32.0 Å². The fraction of sp³-hybridized carbons (Fsp3) is 0.483. The van der Waals surface area contributed by atoms with Gasteiger partial charge in [-0.05, 0) is 44.4 Å². The maximum absolute atomic E-state index is 13.2. The molecule has 1 saturated heterocycles. The maximum atomic E-state index is 13.2. The number of amides is 2. The summed E-state index contributed by atoms with van der Waals surface area (Å²) < 4.78 is 7.40. The summed E-state index contributed by atoms with van der Waals surface area (Å²) in [4.78, 5) is 32.7. The first kappa shape index (κ1) is 29.6. The van der Waals surface area contributed by atoms with Gasteiger partial charge in [0.15, 0.2) is 0 Å². The molecule has 1 aliphatic rings. The molecule has 1 aliphatic heterocycles. The Labute approximate surface area is 239 Å². The van der Waals surface area contributed by atoms with Gasteiger partial charge < -0.3 is 30.1 Å². The van der Waals surface area contributed by atoms with E-state index < -0.39 is 17.6 Å². The molecule has 0 bridgehead atoms. The number of nitrogens with zero attached hydrogens (tertiary/aromatic N) is 6. The summed E-state index contributed by atoms with van der Waals surface area (Å²) in [6, 6.07) is 7.84. The van der Waals surface area contributed by atoms with Crippen LogP contribution < -0.4 is 15.0 Å². The maximum Gasteiger partial charge on any atom is 0.404 e. The highest BCUT2D eigenvalue weighted by Gasteiger charge is 2.29. The Morgan fingerprint density at radius 3 is 2.51 bits per heavy atom. The topological polar surface area (TPSA) is 156 Å². The van der Waals surface area contributed by atoms with Gasteiger partial charge in [-0.2, -0.15) is 10.4 Å². The third-order valence-electron chi connectivity index (χ3n) is 6.88. The number of carbonyl (C=O) groups is 2. The van der Waals surface area contributed by atoms with Gasteiger partial charge in [0, 0.05) is 50.0 Å². The first-order valence-corrected chi connectivity index (χ1v) is 13.7. The van der Waals surface area contributed by atoms with E-state index in [0.717, 1.165) is 16.9 Å². The number of hydrogen-bond donors (Lipinski definition) is 3. The van der Waals surface area contributed by atoms with Crippen molar-refractivity contribution in [2.45, 2.75) is 39.7 Å². The van der Waals surface area contributed by atoms with Crippen LogP contribution in [-0.4, -0.2) is 86.6 Å². The number of nitriles is 1. The van der Waals surface area contributed by atoms with E-state index in [0.29, 0.717) is 49.4 Å². The van der Waals surface area contributed by atoms with Gasteiger partial charge in [0.1, 0.15) is 24.2 Å². The minimum atomic E-state index is -1.13. The summed E-state index contributed by atoms with van der Waals surface area (Å²) in [5.74, 6) is 1.12. The van der Waals surface area contributed by atoms with Crippen LogP contribution in [0.5, 0.6) is 5.75 Å². The second-order valence-corrected chi connectivity index (χ2v) is 11.4. The lowest BCUT2D eigenvalue weighted by atomic mass is 9.95. The quantitative estimate of drug-likeness (QED) is 0.337. The highest BCUT2D eigenvalue weighted by atomic mass is 16.5. The zero-order valence-electron chi connectivity index (χ0n) is 23.9. The van der Waals surface area contributed by atoms with E-state index in [1.165, 1.54) is 6.20 Å². The second kappa shape index (κ2) is 12.4. The molecule has 1 atom stereocenters. The number of ether oxygens (including phenoxy) is 1. The molecule has 218 valence electrons. The minimum Gasteiger partial charge on any atom is -0.489 e. The standard InChI is InChI=1S/C29H37N7O5/c1-19(2)11-21(15-32-28(38)39)27(37)35-9-7-34(8-10-35)25-6-5-20(14-31-25)24-12-23(41-18-29(3,4)40)17-36-26(24)22(13-30)16-33-36/h5-6,12,14,16-17,19,21,32,40H,7-11,15,18H2,1-4H3,(H,38,39)/t21-/m0/s1. The number of piperazine rings is 1. The monoisotopic (exact) mass is 563 g/mol. The van der Waals surface area contributed by atoms with Gasteiger partial charge in [-0.15, -0.1) is 0 Å². The third-order valence-corrected chi connectivity index (χ3v) is 6.88. The first-order chi connectivity index (χ1) is 19.4. The van der Waals surface area contributed by atoms with Gasteiger partial charge in [0.05, 0.1) is 35.0 Å². The van der Waals surface area contributed by atoms with E-state index in [9.17, 15) is 20.0 Å². The summed E-state index contributed by atoms with van der Waals surface area (Å²) in [7, 11) is 0. The van der Waals surface area contributed by atoms with Crippen LogP contribution in [0.4, 0.5) is 10.6 Å². The number of carbonyl (C=O) groups excluding carboxylic acids is 1.